The third-order valence-electron chi connectivity index (χ3n) is 2.46. The molecule has 0 spiro atoms. The van der Waals surface area contributed by atoms with Gasteiger partial charge in [0.1, 0.15) is 18.5 Å². The average molecular weight is 283 g/mol. The smallest absolute Gasteiger partial charge is 0.330 e. The zero-order chi connectivity index (χ0) is 14.6. The molecule has 2 nitrogen and oxygen atoms in total. The van der Waals surface area contributed by atoms with Gasteiger partial charge in [-0.05, 0) is 13.0 Å². The van der Waals surface area contributed by atoms with Gasteiger partial charge < -0.3 is 10.5 Å². The maximum absolute atomic E-state index is 13.5. The number of hydrogen-bond donors (Lipinski definition) is 1. The summed E-state index contributed by atoms with van der Waals surface area (Å²) in [6.45, 7) is -0.108. The van der Waals surface area contributed by atoms with Crippen LogP contribution in [0.25, 0.3) is 0 Å². The van der Waals surface area contributed by atoms with Crippen LogP contribution in [-0.4, -0.2) is 25.0 Å². The Morgan fingerprint density at radius 3 is 2.32 bits per heavy atom. The minimum atomic E-state index is -4.29. The van der Waals surface area contributed by atoms with E-state index in [9.17, 15) is 22.0 Å². The highest BCUT2D eigenvalue weighted by molar-refractivity contribution is 5.21. The Kier molecular flexibility index (Phi) is 5.25. The summed E-state index contributed by atoms with van der Waals surface area (Å²) in [6.07, 6.45) is -5.06. The van der Waals surface area contributed by atoms with E-state index in [0.29, 0.717) is 0 Å². The topological polar surface area (TPSA) is 35.2 Å². The lowest BCUT2D eigenvalue weighted by Crippen LogP contribution is -2.36. The SMILES string of the molecule is CC(N)C(OCC(F)(F)C(F)F)c1ccccc1F. The molecule has 0 amide bonds. The minimum absolute atomic E-state index is 0.0393. The first kappa shape index (κ1) is 15.8. The van der Waals surface area contributed by atoms with Gasteiger partial charge in [-0.15, -0.1) is 0 Å². The highest BCUT2D eigenvalue weighted by Gasteiger charge is 2.42. The quantitative estimate of drug-likeness (QED) is 0.814. The van der Waals surface area contributed by atoms with E-state index in [1.807, 2.05) is 0 Å². The van der Waals surface area contributed by atoms with Gasteiger partial charge in [-0.3, -0.25) is 0 Å². The molecular weight excluding hydrogens is 269 g/mol. The molecule has 0 fully saturated rings. The normalized spacial score (nSPS) is 15.6. The molecule has 0 saturated heterocycles. The zero-order valence-corrected chi connectivity index (χ0v) is 10.1. The summed E-state index contributed by atoms with van der Waals surface area (Å²) < 4.78 is 67.8. The second kappa shape index (κ2) is 6.29. The molecule has 0 radical (unpaired) electrons. The summed E-state index contributed by atoms with van der Waals surface area (Å²) in [4.78, 5) is 0. The number of hydrogen-bond acceptors (Lipinski definition) is 2. The summed E-state index contributed by atoms with van der Waals surface area (Å²) in [7, 11) is 0. The molecule has 1 aromatic rings. The van der Waals surface area contributed by atoms with Crippen molar-refractivity contribution in [3.8, 4) is 0 Å². The number of ether oxygens (including phenoxy) is 1. The molecule has 0 aliphatic heterocycles. The van der Waals surface area contributed by atoms with Gasteiger partial charge in [0.2, 0.25) is 0 Å². The predicted molar refractivity (Wildman–Crippen MR) is 59.7 cm³/mol. The van der Waals surface area contributed by atoms with Crippen molar-refractivity contribution < 1.29 is 26.7 Å². The molecule has 0 heterocycles. The largest absolute Gasteiger partial charge is 0.365 e. The van der Waals surface area contributed by atoms with E-state index in [1.165, 1.54) is 25.1 Å². The number of halogens is 5. The maximum atomic E-state index is 13.5. The van der Waals surface area contributed by atoms with Crippen LogP contribution in [0.2, 0.25) is 0 Å². The van der Waals surface area contributed by atoms with Gasteiger partial charge in [0.25, 0.3) is 0 Å². The lowest BCUT2D eigenvalue weighted by Gasteiger charge is -2.25. The van der Waals surface area contributed by atoms with Crippen LogP contribution in [0.4, 0.5) is 22.0 Å². The molecule has 0 aromatic heterocycles. The Morgan fingerprint density at radius 1 is 1.26 bits per heavy atom. The van der Waals surface area contributed by atoms with Crippen LogP contribution in [0.15, 0.2) is 24.3 Å². The third kappa shape index (κ3) is 4.14. The second-order valence-electron chi connectivity index (χ2n) is 4.17. The van der Waals surface area contributed by atoms with Crippen molar-refractivity contribution >= 4 is 0 Å². The predicted octanol–water partition coefficient (Wildman–Crippen LogP) is 3.13. The summed E-state index contributed by atoms with van der Waals surface area (Å²) >= 11 is 0. The molecule has 19 heavy (non-hydrogen) atoms. The molecule has 7 heteroatoms. The van der Waals surface area contributed by atoms with E-state index >= 15 is 0 Å². The molecule has 0 aliphatic carbocycles. The van der Waals surface area contributed by atoms with E-state index < -0.39 is 36.9 Å². The highest BCUT2D eigenvalue weighted by Crippen LogP contribution is 2.28. The highest BCUT2D eigenvalue weighted by atomic mass is 19.3. The minimum Gasteiger partial charge on any atom is -0.365 e. The summed E-state index contributed by atoms with van der Waals surface area (Å²) in [5.74, 6) is -4.98. The number of alkyl halides is 4. The molecule has 2 N–H and O–H groups in total. The van der Waals surface area contributed by atoms with Crippen molar-refractivity contribution in [2.75, 3.05) is 6.61 Å². The molecule has 2 unspecified atom stereocenters. The Balaban J connectivity index is 2.84. The molecule has 1 aromatic carbocycles. The van der Waals surface area contributed by atoms with Gasteiger partial charge in [0.05, 0.1) is 0 Å². The Bertz CT molecular complexity index is 411. The number of benzene rings is 1. The third-order valence-corrected chi connectivity index (χ3v) is 2.46. The second-order valence-corrected chi connectivity index (χ2v) is 4.17. The molecule has 0 aliphatic rings. The molecule has 108 valence electrons. The lowest BCUT2D eigenvalue weighted by atomic mass is 10.0. The van der Waals surface area contributed by atoms with Crippen molar-refractivity contribution in [3.05, 3.63) is 35.6 Å². The van der Waals surface area contributed by atoms with E-state index in [1.54, 1.807) is 0 Å². The molecule has 0 saturated carbocycles. The van der Waals surface area contributed by atoms with Crippen LogP contribution in [0.3, 0.4) is 0 Å². The van der Waals surface area contributed by atoms with E-state index in [0.717, 1.165) is 6.07 Å². The Labute approximate surface area is 107 Å². The van der Waals surface area contributed by atoms with Gasteiger partial charge in [0.15, 0.2) is 0 Å². The van der Waals surface area contributed by atoms with Crippen LogP contribution in [0.5, 0.6) is 0 Å². The van der Waals surface area contributed by atoms with E-state index in [2.05, 4.69) is 0 Å². The summed E-state index contributed by atoms with van der Waals surface area (Å²) in [5.41, 5.74) is 5.48. The van der Waals surface area contributed by atoms with Crippen molar-refractivity contribution in [1.82, 2.24) is 0 Å². The average Bonchev–Trinajstić information content (AvgIpc) is 2.30. The summed E-state index contributed by atoms with van der Waals surface area (Å²) in [5, 5.41) is 0. The fraction of sp³-hybridized carbons (Fsp3) is 0.500. The van der Waals surface area contributed by atoms with Crippen LogP contribution in [0.1, 0.15) is 18.6 Å². The number of rotatable bonds is 6. The van der Waals surface area contributed by atoms with Crippen molar-refractivity contribution in [2.45, 2.75) is 31.4 Å². The van der Waals surface area contributed by atoms with Crippen molar-refractivity contribution in [2.24, 2.45) is 5.73 Å². The maximum Gasteiger partial charge on any atom is 0.330 e. The molecule has 2 atom stereocenters. The van der Waals surface area contributed by atoms with Gasteiger partial charge in [-0.1, -0.05) is 18.2 Å². The Hall–Kier alpha value is -1.21. The van der Waals surface area contributed by atoms with Gasteiger partial charge in [0, 0.05) is 11.6 Å². The van der Waals surface area contributed by atoms with E-state index in [4.69, 9.17) is 10.5 Å². The van der Waals surface area contributed by atoms with Crippen LogP contribution >= 0.6 is 0 Å². The fourth-order valence-electron chi connectivity index (χ4n) is 1.49. The monoisotopic (exact) mass is 283 g/mol. The van der Waals surface area contributed by atoms with Crippen molar-refractivity contribution in [3.63, 3.8) is 0 Å². The fourth-order valence-corrected chi connectivity index (χ4v) is 1.49. The van der Waals surface area contributed by atoms with Gasteiger partial charge >= 0.3 is 12.3 Å². The lowest BCUT2D eigenvalue weighted by molar-refractivity contribution is -0.178. The van der Waals surface area contributed by atoms with Crippen LogP contribution in [-0.2, 0) is 4.74 Å². The molecular formula is C12H14F5NO. The van der Waals surface area contributed by atoms with Crippen molar-refractivity contribution in [1.29, 1.82) is 0 Å². The molecule has 1 rings (SSSR count). The Morgan fingerprint density at radius 2 is 1.84 bits per heavy atom. The first-order chi connectivity index (χ1) is 8.75. The van der Waals surface area contributed by atoms with Gasteiger partial charge in [-0.25, -0.2) is 13.2 Å². The van der Waals surface area contributed by atoms with Gasteiger partial charge in [-0.2, -0.15) is 8.78 Å². The zero-order valence-electron chi connectivity index (χ0n) is 10.1. The van der Waals surface area contributed by atoms with Crippen LogP contribution in [0, 0.1) is 5.82 Å². The first-order valence-corrected chi connectivity index (χ1v) is 5.53. The van der Waals surface area contributed by atoms with E-state index in [-0.39, 0.29) is 5.56 Å². The van der Waals surface area contributed by atoms with Crippen LogP contribution < -0.4 is 5.73 Å². The summed E-state index contributed by atoms with van der Waals surface area (Å²) in [6, 6.07) is 4.47. The first-order valence-electron chi connectivity index (χ1n) is 5.53. The standard InChI is InChI=1S/C12H14F5NO/c1-7(18)10(8-4-2-3-5-9(8)13)19-6-12(16,17)11(14)15/h2-5,7,10-11H,6,18H2,1H3. The molecule has 0 bridgehead atoms. The number of nitrogens with two attached hydrogens (primary N) is 1.